The average molecular weight is 329 g/mol. The summed E-state index contributed by atoms with van der Waals surface area (Å²) >= 11 is 0. The van der Waals surface area contributed by atoms with Gasteiger partial charge in [-0.15, -0.1) is 0 Å². The topological polar surface area (TPSA) is 78.6 Å². The van der Waals surface area contributed by atoms with Crippen LogP contribution in [0.2, 0.25) is 0 Å². The minimum Gasteiger partial charge on any atom is -0.395 e. The number of nitrogens with zero attached hydrogens (tertiary/aromatic N) is 2. The predicted octanol–water partition coefficient (Wildman–Crippen LogP) is 3.06. The van der Waals surface area contributed by atoms with Crippen molar-refractivity contribution in [2.45, 2.75) is 39.2 Å². The molecule has 1 aliphatic carbocycles. The van der Waals surface area contributed by atoms with E-state index in [1.807, 2.05) is 19.1 Å². The lowest BCUT2D eigenvalue weighted by Crippen LogP contribution is -2.39. The maximum atomic E-state index is 12.9. The van der Waals surface area contributed by atoms with Crippen LogP contribution >= 0.6 is 0 Å². The molecule has 1 unspecified atom stereocenters. The molecule has 1 aromatic carbocycles. The van der Waals surface area contributed by atoms with Gasteiger partial charge < -0.3 is 19.8 Å². The highest BCUT2D eigenvalue weighted by molar-refractivity contribution is 5.90. The van der Waals surface area contributed by atoms with E-state index in [1.165, 1.54) is 11.1 Å². The van der Waals surface area contributed by atoms with Crippen LogP contribution in [0.1, 0.15) is 42.0 Å². The van der Waals surface area contributed by atoms with Gasteiger partial charge in [-0.05, 0) is 30.9 Å². The van der Waals surface area contributed by atoms with Crippen molar-refractivity contribution >= 4 is 11.7 Å². The Balaban J connectivity index is 1.83. The molecular formula is C18H23N3O3. The highest BCUT2D eigenvalue weighted by atomic mass is 16.5. The fourth-order valence-electron chi connectivity index (χ4n) is 3.36. The molecule has 1 atom stereocenters. The molecule has 2 N–H and O–H groups in total. The van der Waals surface area contributed by atoms with Gasteiger partial charge in [0.25, 0.3) is 0 Å². The number of nitrogens with one attached hydrogen (secondary N) is 1. The summed E-state index contributed by atoms with van der Waals surface area (Å²) in [6, 6.07) is 7.93. The van der Waals surface area contributed by atoms with Crippen molar-refractivity contribution in [2.75, 3.05) is 18.5 Å². The normalized spacial score (nSPS) is 16.0. The van der Waals surface area contributed by atoms with Crippen LogP contribution in [0, 0.1) is 6.92 Å². The number of fused-ring (bicyclic) bond motifs is 1. The number of rotatable bonds is 5. The molecule has 128 valence electrons. The van der Waals surface area contributed by atoms with E-state index in [0.29, 0.717) is 23.6 Å². The van der Waals surface area contributed by atoms with E-state index >= 15 is 0 Å². The molecule has 6 heteroatoms. The summed E-state index contributed by atoms with van der Waals surface area (Å²) in [6.45, 7) is 3.97. The average Bonchev–Trinajstić information content (AvgIpc) is 3.17. The fourth-order valence-corrected chi connectivity index (χ4v) is 3.36. The van der Waals surface area contributed by atoms with E-state index in [-0.39, 0.29) is 25.2 Å². The third kappa shape index (κ3) is 3.01. The van der Waals surface area contributed by atoms with E-state index in [0.717, 1.165) is 12.8 Å². The Morgan fingerprint density at radius 2 is 2.25 bits per heavy atom. The second-order valence-electron chi connectivity index (χ2n) is 6.02. The summed E-state index contributed by atoms with van der Waals surface area (Å²) in [7, 11) is 0. The van der Waals surface area contributed by atoms with Crippen molar-refractivity contribution < 1.29 is 14.4 Å². The molecular weight excluding hydrogens is 306 g/mol. The maximum Gasteiger partial charge on any atom is 0.322 e. The van der Waals surface area contributed by atoms with Gasteiger partial charge in [0.2, 0.25) is 0 Å². The lowest BCUT2D eigenvalue weighted by atomic mass is 10.1. The van der Waals surface area contributed by atoms with Crippen LogP contribution in [0.15, 0.2) is 28.8 Å². The largest absolute Gasteiger partial charge is 0.395 e. The summed E-state index contributed by atoms with van der Waals surface area (Å²) in [5.41, 5.74) is 3.74. The van der Waals surface area contributed by atoms with Gasteiger partial charge in [0.15, 0.2) is 5.76 Å². The van der Waals surface area contributed by atoms with Crippen LogP contribution in [-0.2, 0) is 12.8 Å². The maximum absolute atomic E-state index is 12.9. The Hall–Kier alpha value is -2.34. The molecule has 1 aliphatic rings. The summed E-state index contributed by atoms with van der Waals surface area (Å²) in [5.74, 6) is 0.664. The minimum atomic E-state index is -0.230. The third-order valence-electron chi connectivity index (χ3n) is 4.57. The Labute approximate surface area is 141 Å². The van der Waals surface area contributed by atoms with Gasteiger partial charge in [0.05, 0.1) is 12.6 Å². The number of benzene rings is 1. The predicted molar refractivity (Wildman–Crippen MR) is 90.9 cm³/mol. The second kappa shape index (κ2) is 7.05. The van der Waals surface area contributed by atoms with Gasteiger partial charge in [-0.2, -0.15) is 0 Å². The van der Waals surface area contributed by atoms with Crippen LogP contribution in [0.4, 0.5) is 10.5 Å². The molecule has 1 heterocycles. The number of aryl methyl sites for hydroxylation is 3. The SMILES string of the molecule is CCc1onc(C)c1NC(=O)N(CCO)C1CCc2ccccc21. The van der Waals surface area contributed by atoms with Gasteiger partial charge in [-0.25, -0.2) is 4.79 Å². The molecule has 2 aromatic rings. The summed E-state index contributed by atoms with van der Waals surface area (Å²) in [5, 5.41) is 16.3. The van der Waals surface area contributed by atoms with Gasteiger partial charge in [-0.3, -0.25) is 0 Å². The number of carbonyl (C=O) groups excluding carboxylic acids is 1. The van der Waals surface area contributed by atoms with E-state index in [4.69, 9.17) is 4.52 Å². The zero-order valence-corrected chi connectivity index (χ0v) is 14.1. The molecule has 3 rings (SSSR count). The van der Waals surface area contributed by atoms with E-state index in [2.05, 4.69) is 22.6 Å². The Kier molecular flexibility index (Phi) is 4.85. The number of urea groups is 1. The molecule has 0 radical (unpaired) electrons. The van der Waals surface area contributed by atoms with Crippen LogP contribution in [0.3, 0.4) is 0 Å². The lowest BCUT2D eigenvalue weighted by molar-refractivity contribution is 0.162. The van der Waals surface area contributed by atoms with E-state index in [1.54, 1.807) is 11.8 Å². The first kappa shape index (κ1) is 16.5. The molecule has 2 amide bonds. The molecule has 24 heavy (non-hydrogen) atoms. The van der Waals surface area contributed by atoms with Crippen LogP contribution in [-0.4, -0.2) is 34.3 Å². The number of aliphatic hydroxyl groups excluding tert-OH is 1. The first-order valence-electron chi connectivity index (χ1n) is 8.37. The van der Waals surface area contributed by atoms with Gasteiger partial charge in [0, 0.05) is 13.0 Å². The lowest BCUT2D eigenvalue weighted by Gasteiger charge is -2.29. The number of carbonyl (C=O) groups is 1. The molecule has 0 saturated heterocycles. The first-order valence-corrected chi connectivity index (χ1v) is 8.37. The van der Waals surface area contributed by atoms with Gasteiger partial charge in [-0.1, -0.05) is 36.3 Å². The van der Waals surface area contributed by atoms with Crippen molar-refractivity contribution in [1.82, 2.24) is 10.1 Å². The fraction of sp³-hybridized carbons (Fsp3) is 0.444. The van der Waals surface area contributed by atoms with Crippen molar-refractivity contribution in [3.63, 3.8) is 0 Å². The van der Waals surface area contributed by atoms with Crippen LogP contribution in [0.25, 0.3) is 0 Å². The van der Waals surface area contributed by atoms with E-state index < -0.39 is 0 Å². The zero-order chi connectivity index (χ0) is 17.1. The van der Waals surface area contributed by atoms with Crippen molar-refractivity contribution in [1.29, 1.82) is 0 Å². The standard InChI is InChI=1S/C18H23N3O3/c1-3-16-17(12(2)20-24-16)19-18(23)21(10-11-22)15-9-8-13-6-4-5-7-14(13)15/h4-7,15,22H,3,8-11H2,1-2H3,(H,19,23). The van der Waals surface area contributed by atoms with Crippen LogP contribution < -0.4 is 5.32 Å². The smallest absolute Gasteiger partial charge is 0.322 e. The minimum absolute atomic E-state index is 0.0152. The number of amides is 2. The molecule has 1 aromatic heterocycles. The second-order valence-corrected chi connectivity index (χ2v) is 6.02. The van der Waals surface area contributed by atoms with Crippen molar-refractivity contribution in [3.8, 4) is 0 Å². The summed E-state index contributed by atoms with van der Waals surface area (Å²) < 4.78 is 5.23. The zero-order valence-electron chi connectivity index (χ0n) is 14.1. The highest BCUT2D eigenvalue weighted by Crippen LogP contribution is 2.36. The Morgan fingerprint density at radius 1 is 1.46 bits per heavy atom. The molecule has 0 fully saturated rings. The number of anilines is 1. The molecule has 0 saturated carbocycles. The number of hydrogen-bond acceptors (Lipinski definition) is 4. The third-order valence-corrected chi connectivity index (χ3v) is 4.57. The highest BCUT2D eigenvalue weighted by Gasteiger charge is 2.31. The van der Waals surface area contributed by atoms with E-state index in [9.17, 15) is 9.90 Å². The number of aromatic nitrogens is 1. The number of aliphatic hydroxyl groups is 1. The first-order chi connectivity index (χ1) is 11.7. The molecule has 0 spiro atoms. The Bertz CT molecular complexity index is 726. The molecule has 0 bridgehead atoms. The van der Waals surface area contributed by atoms with Crippen LogP contribution in [0.5, 0.6) is 0 Å². The summed E-state index contributed by atoms with van der Waals surface area (Å²) in [4.78, 5) is 14.6. The number of hydrogen-bond donors (Lipinski definition) is 2. The summed E-state index contributed by atoms with van der Waals surface area (Å²) in [6.07, 6.45) is 2.47. The molecule has 0 aliphatic heterocycles. The van der Waals surface area contributed by atoms with Crippen molar-refractivity contribution in [2.24, 2.45) is 0 Å². The quantitative estimate of drug-likeness (QED) is 0.883. The molecule has 6 nitrogen and oxygen atoms in total. The Morgan fingerprint density at radius 3 is 3.00 bits per heavy atom. The van der Waals surface area contributed by atoms with Gasteiger partial charge >= 0.3 is 6.03 Å². The monoisotopic (exact) mass is 329 g/mol. The van der Waals surface area contributed by atoms with Crippen molar-refractivity contribution in [3.05, 3.63) is 46.8 Å². The van der Waals surface area contributed by atoms with Gasteiger partial charge in [0.1, 0.15) is 11.4 Å².